The van der Waals surface area contributed by atoms with E-state index in [0.29, 0.717) is 6.04 Å². The van der Waals surface area contributed by atoms with Gasteiger partial charge in [0.25, 0.3) is 0 Å². The van der Waals surface area contributed by atoms with Crippen molar-refractivity contribution < 1.29 is 0 Å². The highest BCUT2D eigenvalue weighted by molar-refractivity contribution is 5.26. The number of nitrogens with one attached hydrogen (secondary N) is 1. The first-order chi connectivity index (χ1) is 6.77. The van der Waals surface area contributed by atoms with Crippen LogP contribution >= 0.6 is 0 Å². The van der Waals surface area contributed by atoms with E-state index in [1.165, 1.54) is 17.6 Å². The van der Waals surface area contributed by atoms with E-state index >= 15 is 0 Å². The third-order valence-corrected chi connectivity index (χ3v) is 2.92. The molecule has 1 aromatic rings. The Kier molecular flexibility index (Phi) is 2.69. The predicted molar refractivity (Wildman–Crippen MR) is 60.2 cm³/mol. The van der Waals surface area contributed by atoms with Gasteiger partial charge in [0.15, 0.2) is 0 Å². The zero-order chi connectivity index (χ0) is 9.97. The van der Waals surface area contributed by atoms with E-state index in [2.05, 4.69) is 49.5 Å². The van der Waals surface area contributed by atoms with Crippen LogP contribution in [0.25, 0.3) is 0 Å². The van der Waals surface area contributed by atoms with Gasteiger partial charge in [-0.1, -0.05) is 41.5 Å². The molecule has 1 aromatic carbocycles. The van der Waals surface area contributed by atoms with E-state index in [0.717, 1.165) is 6.54 Å². The Hall–Kier alpha value is -1.08. The summed E-state index contributed by atoms with van der Waals surface area (Å²) in [5.74, 6) is 0. The minimum atomic E-state index is 0.529. The summed E-state index contributed by atoms with van der Waals surface area (Å²) in [6, 6.07) is 11.2. The molecule has 1 unspecified atom stereocenters. The van der Waals surface area contributed by atoms with Crippen LogP contribution in [0.2, 0.25) is 0 Å². The highest BCUT2D eigenvalue weighted by Crippen LogP contribution is 2.27. The molecular formula is C13H17N. The Balaban J connectivity index is 2.14. The second-order valence-electron chi connectivity index (χ2n) is 4.15. The van der Waals surface area contributed by atoms with E-state index in [4.69, 9.17) is 0 Å². The van der Waals surface area contributed by atoms with E-state index in [9.17, 15) is 0 Å². The predicted octanol–water partition coefficient (Wildman–Crippen LogP) is 3.06. The van der Waals surface area contributed by atoms with E-state index in [1.54, 1.807) is 5.57 Å². The molecule has 0 radical (unpaired) electrons. The van der Waals surface area contributed by atoms with Crippen molar-refractivity contribution in [1.29, 1.82) is 0 Å². The Morgan fingerprint density at radius 1 is 1.21 bits per heavy atom. The molecule has 1 atom stereocenters. The summed E-state index contributed by atoms with van der Waals surface area (Å²) in [6.07, 6.45) is 1.17. The summed E-state index contributed by atoms with van der Waals surface area (Å²) >= 11 is 0. The third-order valence-electron chi connectivity index (χ3n) is 2.92. The van der Waals surface area contributed by atoms with Crippen LogP contribution in [-0.4, -0.2) is 6.54 Å². The molecule has 1 nitrogen and oxygen atoms in total. The quantitative estimate of drug-likeness (QED) is 0.666. The molecule has 1 aliphatic rings. The minimum Gasteiger partial charge on any atom is -0.306 e. The van der Waals surface area contributed by atoms with Gasteiger partial charge < -0.3 is 5.32 Å². The van der Waals surface area contributed by atoms with Gasteiger partial charge in [-0.15, -0.1) is 0 Å². The maximum Gasteiger partial charge on any atom is 0.0361 e. The Bertz CT molecular complexity index is 334. The third kappa shape index (κ3) is 1.88. The molecule has 1 N–H and O–H groups in total. The van der Waals surface area contributed by atoms with Gasteiger partial charge in [0.05, 0.1) is 0 Å². The van der Waals surface area contributed by atoms with Crippen molar-refractivity contribution in [3.63, 3.8) is 0 Å². The first-order valence-electron chi connectivity index (χ1n) is 5.21. The van der Waals surface area contributed by atoms with Crippen LogP contribution < -0.4 is 5.32 Å². The average Bonchev–Trinajstić information content (AvgIpc) is 2.68. The van der Waals surface area contributed by atoms with Crippen molar-refractivity contribution in [2.75, 3.05) is 6.54 Å². The maximum absolute atomic E-state index is 3.55. The van der Waals surface area contributed by atoms with Gasteiger partial charge in [-0.05, 0) is 25.8 Å². The zero-order valence-corrected chi connectivity index (χ0v) is 8.88. The molecule has 1 heterocycles. The van der Waals surface area contributed by atoms with Gasteiger partial charge in [-0.2, -0.15) is 0 Å². The fourth-order valence-electron chi connectivity index (χ4n) is 1.94. The summed E-state index contributed by atoms with van der Waals surface area (Å²) in [5.41, 5.74) is 4.44. The average molecular weight is 187 g/mol. The molecule has 1 aliphatic heterocycles. The lowest BCUT2D eigenvalue weighted by atomic mass is 10.0. The maximum atomic E-state index is 3.55. The van der Waals surface area contributed by atoms with Crippen LogP contribution in [-0.2, 0) is 0 Å². The Morgan fingerprint density at radius 2 is 1.93 bits per heavy atom. The summed E-state index contributed by atoms with van der Waals surface area (Å²) in [6.45, 7) is 5.46. The van der Waals surface area contributed by atoms with Gasteiger partial charge in [0.1, 0.15) is 0 Å². The summed E-state index contributed by atoms with van der Waals surface area (Å²) in [7, 11) is 0. The highest BCUT2D eigenvalue weighted by atomic mass is 14.9. The molecule has 1 saturated heterocycles. The second-order valence-corrected chi connectivity index (χ2v) is 4.15. The van der Waals surface area contributed by atoms with Crippen LogP contribution in [0.15, 0.2) is 41.5 Å². The first-order valence-corrected chi connectivity index (χ1v) is 5.21. The molecule has 0 aromatic heterocycles. The molecule has 0 bridgehead atoms. The standard InChI is InChI=1S/C13H17N/c1-10(2)12-8-13(14-9-12)11-6-4-3-5-7-11/h3-7,13-14H,8-9H2,1-2H3. The lowest BCUT2D eigenvalue weighted by Gasteiger charge is -2.08. The smallest absolute Gasteiger partial charge is 0.0361 e. The van der Waals surface area contributed by atoms with Gasteiger partial charge in [-0.25, -0.2) is 0 Å². The minimum absolute atomic E-state index is 0.529. The molecule has 0 saturated carbocycles. The SMILES string of the molecule is CC(C)=C1CNC(c2ccccc2)C1. The van der Waals surface area contributed by atoms with Gasteiger partial charge in [0.2, 0.25) is 0 Å². The largest absolute Gasteiger partial charge is 0.306 e. The van der Waals surface area contributed by atoms with Gasteiger partial charge >= 0.3 is 0 Å². The fourth-order valence-corrected chi connectivity index (χ4v) is 1.94. The lowest BCUT2D eigenvalue weighted by molar-refractivity contribution is 0.650. The number of rotatable bonds is 1. The van der Waals surface area contributed by atoms with Crippen LogP contribution in [0.1, 0.15) is 31.9 Å². The summed E-state index contributed by atoms with van der Waals surface area (Å²) in [5, 5.41) is 3.55. The molecule has 2 rings (SSSR count). The monoisotopic (exact) mass is 187 g/mol. The normalized spacial score (nSPS) is 21.3. The molecular weight excluding hydrogens is 170 g/mol. The van der Waals surface area contributed by atoms with Crippen molar-refractivity contribution in [1.82, 2.24) is 5.32 Å². The summed E-state index contributed by atoms with van der Waals surface area (Å²) < 4.78 is 0. The topological polar surface area (TPSA) is 12.0 Å². The molecule has 0 amide bonds. The van der Waals surface area contributed by atoms with Crippen molar-refractivity contribution in [2.24, 2.45) is 0 Å². The van der Waals surface area contributed by atoms with E-state index in [-0.39, 0.29) is 0 Å². The van der Waals surface area contributed by atoms with Gasteiger partial charge in [-0.3, -0.25) is 0 Å². The number of allylic oxidation sites excluding steroid dienone is 1. The first kappa shape index (κ1) is 9.47. The van der Waals surface area contributed by atoms with Crippen LogP contribution in [0.3, 0.4) is 0 Å². The van der Waals surface area contributed by atoms with Crippen molar-refractivity contribution >= 4 is 0 Å². The molecule has 1 heteroatoms. The van der Waals surface area contributed by atoms with E-state index < -0.39 is 0 Å². The van der Waals surface area contributed by atoms with Gasteiger partial charge in [0, 0.05) is 12.6 Å². The number of hydrogen-bond donors (Lipinski definition) is 1. The number of hydrogen-bond acceptors (Lipinski definition) is 1. The summed E-state index contributed by atoms with van der Waals surface area (Å²) in [4.78, 5) is 0. The molecule has 0 spiro atoms. The zero-order valence-electron chi connectivity index (χ0n) is 8.88. The number of benzene rings is 1. The van der Waals surface area contributed by atoms with Crippen LogP contribution in [0.4, 0.5) is 0 Å². The van der Waals surface area contributed by atoms with Crippen molar-refractivity contribution in [3.05, 3.63) is 47.0 Å². The molecule has 1 fully saturated rings. The van der Waals surface area contributed by atoms with Crippen molar-refractivity contribution in [3.8, 4) is 0 Å². The van der Waals surface area contributed by atoms with Crippen LogP contribution in [0, 0.1) is 0 Å². The highest BCUT2D eigenvalue weighted by Gasteiger charge is 2.20. The Morgan fingerprint density at radius 3 is 2.50 bits per heavy atom. The lowest BCUT2D eigenvalue weighted by Crippen LogP contribution is -2.12. The molecule has 14 heavy (non-hydrogen) atoms. The fraction of sp³-hybridized carbons (Fsp3) is 0.385. The van der Waals surface area contributed by atoms with Crippen molar-refractivity contribution in [2.45, 2.75) is 26.3 Å². The molecule has 74 valence electrons. The van der Waals surface area contributed by atoms with E-state index in [1.807, 2.05) is 0 Å². The Labute approximate surface area is 85.8 Å². The molecule has 0 aliphatic carbocycles. The second kappa shape index (κ2) is 3.97. The van der Waals surface area contributed by atoms with Crippen LogP contribution in [0.5, 0.6) is 0 Å².